The molecule has 0 spiro atoms. The summed E-state index contributed by atoms with van der Waals surface area (Å²) in [6, 6.07) is 33.2. The van der Waals surface area contributed by atoms with Crippen molar-refractivity contribution in [1.82, 2.24) is 0 Å². The molecule has 4 aromatic rings. The van der Waals surface area contributed by atoms with Crippen LogP contribution in [-0.4, -0.2) is 10.4 Å². The highest BCUT2D eigenvalue weighted by molar-refractivity contribution is 7.84. The second-order valence-corrected chi connectivity index (χ2v) is 11.1. The second kappa shape index (κ2) is 10.2. The molecule has 0 aliphatic rings. The third-order valence-electron chi connectivity index (χ3n) is 5.40. The molecule has 0 saturated carbocycles. The zero-order chi connectivity index (χ0) is 22.5. The molecule has 0 radical (unpaired) electrons. The molecule has 0 aromatic heterocycles. The SMILES string of the molecule is Cc1ccc([S@](=O)/N=C/c2ccccc2P(c2ccccc2C)c2ccccc2C)cc1. The maximum absolute atomic E-state index is 12.8. The molecule has 0 heterocycles. The van der Waals surface area contributed by atoms with Crippen molar-refractivity contribution in [1.29, 1.82) is 0 Å². The molecule has 4 aromatic carbocycles. The lowest BCUT2D eigenvalue weighted by Crippen LogP contribution is -2.26. The minimum Gasteiger partial charge on any atom is -0.229 e. The summed E-state index contributed by atoms with van der Waals surface area (Å²) >= 11 is 0. The van der Waals surface area contributed by atoms with Crippen molar-refractivity contribution in [2.24, 2.45) is 4.40 Å². The molecule has 32 heavy (non-hydrogen) atoms. The molecule has 0 saturated heterocycles. The summed E-state index contributed by atoms with van der Waals surface area (Å²) in [6.45, 7) is 6.36. The summed E-state index contributed by atoms with van der Waals surface area (Å²) in [6.07, 6.45) is 1.77. The maximum Gasteiger partial charge on any atom is 0.172 e. The van der Waals surface area contributed by atoms with Crippen LogP contribution in [0.4, 0.5) is 0 Å². The molecular weight excluding hydrogens is 429 g/mol. The first-order chi connectivity index (χ1) is 15.5. The Bertz CT molecular complexity index is 1240. The molecule has 0 aliphatic heterocycles. The predicted octanol–water partition coefficient (Wildman–Crippen LogP) is 5.51. The van der Waals surface area contributed by atoms with Crippen LogP contribution < -0.4 is 15.9 Å². The highest BCUT2D eigenvalue weighted by atomic mass is 32.2. The fourth-order valence-electron chi connectivity index (χ4n) is 3.64. The number of hydrogen-bond acceptors (Lipinski definition) is 1. The van der Waals surface area contributed by atoms with Crippen LogP contribution in [0.15, 0.2) is 106 Å². The molecule has 2 nitrogen and oxygen atoms in total. The first kappa shape index (κ1) is 22.3. The first-order valence-corrected chi connectivity index (χ1v) is 13.0. The Kier molecular flexibility index (Phi) is 7.09. The minimum absolute atomic E-state index is 0.712. The van der Waals surface area contributed by atoms with E-state index in [4.69, 9.17) is 0 Å². The Labute approximate surface area is 194 Å². The molecule has 160 valence electrons. The van der Waals surface area contributed by atoms with Crippen molar-refractivity contribution >= 4 is 41.0 Å². The molecule has 0 bridgehead atoms. The first-order valence-electron chi connectivity index (χ1n) is 10.6. The van der Waals surface area contributed by atoms with E-state index in [0.717, 1.165) is 11.1 Å². The zero-order valence-corrected chi connectivity index (χ0v) is 20.2. The van der Waals surface area contributed by atoms with Crippen LogP contribution in [0.3, 0.4) is 0 Å². The Hall–Kier alpha value is -2.87. The number of hydrogen-bond donors (Lipinski definition) is 0. The van der Waals surface area contributed by atoms with Gasteiger partial charge in [-0.1, -0.05) is 90.5 Å². The topological polar surface area (TPSA) is 29.4 Å². The van der Waals surface area contributed by atoms with Crippen molar-refractivity contribution in [3.8, 4) is 0 Å². The molecule has 1 atom stereocenters. The largest absolute Gasteiger partial charge is 0.229 e. The van der Waals surface area contributed by atoms with Gasteiger partial charge in [-0.15, -0.1) is 0 Å². The standard InChI is InChI=1S/C28H26NOPS/c1-21-16-18-25(19-17-21)32(30)29-20-24-12-6-9-15-28(24)31(26-13-7-4-10-22(26)2)27-14-8-5-11-23(27)3/h4-20H,1-3H3/b29-20+/t32-/m0/s1. The average Bonchev–Trinajstić information content (AvgIpc) is 2.81. The number of aryl methyl sites for hydroxylation is 3. The Morgan fingerprint density at radius 2 is 1.16 bits per heavy atom. The van der Waals surface area contributed by atoms with Crippen molar-refractivity contribution in [3.05, 3.63) is 119 Å². The van der Waals surface area contributed by atoms with E-state index >= 15 is 0 Å². The lowest BCUT2D eigenvalue weighted by Gasteiger charge is -2.24. The van der Waals surface area contributed by atoms with Gasteiger partial charge < -0.3 is 0 Å². The van der Waals surface area contributed by atoms with Gasteiger partial charge in [0.05, 0.1) is 4.90 Å². The van der Waals surface area contributed by atoms with E-state index in [2.05, 4.69) is 85.0 Å². The van der Waals surface area contributed by atoms with Gasteiger partial charge in [0.1, 0.15) is 0 Å². The molecule has 0 aliphatic carbocycles. The van der Waals surface area contributed by atoms with Crippen LogP contribution in [0.2, 0.25) is 0 Å². The van der Waals surface area contributed by atoms with E-state index < -0.39 is 18.9 Å². The van der Waals surface area contributed by atoms with Gasteiger partial charge in [0.25, 0.3) is 0 Å². The summed E-state index contributed by atoms with van der Waals surface area (Å²) in [5.74, 6) is 0. The smallest absolute Gasteiger partial charge is 0.172 e. The van der Waals surface area contributed by atoms with Crippen LogP contribution in [0.25, 0.3) is 0 Å². The van der Waals surface area contributed by atoms with Gasteiger partial charge in [-0.3, -0.25) is 0 Å². The van der Waals surface area contributed by atoms with Gasteiger partial charge in [0, 0.05) is 11.8 Å². The lowest BCUT2D eigenvalue weighted by atomic mass is 10.2. The molecule has 0 unspecified atom stereocenters. The molecule has 0 N–H and O–H groups in total. The maximum atomic E-state index is 12.8. The van der Waals surface area contributed by atoms with E-state index in [0.29, 0.717) is 4.90 Å². The predicted molar refractivity (Wildman–Crippen MR) is 140 cm³/mol. The van der Waals surface area contributed by atoms with Gasteiger partial charge in [0.2, 0.25) is 0 Å². The van der Waals surface area contributed by atoms with E-state index in [1.807, 2.05) is 37.3 Å². The summed E-state index contributed by atoms with van der Waals surface area (Å²) in [4.78, 5) is 0.712. The molecule has 4 rings (SSSR count). The lowest BCUT2D eigenvalue weighted by molar-refractivity contribution is 0.684. The quantitative estimate of drug-likeness (QED) is 0.278. The summed E-state index contributed by atoms with van der Waals surface area (Å²) < 4.78 is 17.2. The number of rotatable bonds is 6. The monoisotopic (exact) mass is 455 g/mol. The molecule has 0 amide bonds. The highest BCUT2D eigenvalue weighted by Crippen LogP contribution is 2.36. The average molecular weight is 456 g/mol. The van der Waals surface area contributed by atoms with E-state index in [1.165, 1.54) is 27.0 Å². The third kappa shape index (κ3) is 4.96. The molecular formula is C28H26NOPS. The van der Waals surface area contributed by atoms with Crippen LogP contribution >= 0.6 is 7.92 Å². The molecule has 4 heteroatoms. The molecule has 0 fully saturated rings. The van der Waals surface area contributed by atoms with Gasteiger partial charge in [-0.05, 0) is 67.9 Å². The summed E-state index contributed by atoms with van der Waals surface area (Å²) in [5, 5.41) is 3.88. The van der Waals surface area contributed by atoms with Crippen LogP contribution in [0.1, 0.15) is 22.3 Å². The van der Waals surface area contributed by atoms with Crippen molar-refractivity contribution < 1.29 is 4.21 Å². The fraction of sp³-hybridized carbons (Fsp3) is 0.107. The highest BCUT2D eigenvalue weighted by Gasteiger charge is 2.21. The number of nitrogens with zero attached hydrogens (tertiary/aromatic N) is 1. The summed E-state index contributed by atoms with van der Waals surface area (Å²) in [5.41, 5.74) is 4.70. The van der Waals surface area contributed by atoms with Crippen LogP contribution in [0.5, 0.6) is 0 Å². The third-order valence-corrected chi connectivity index (χ3v) is 9.23. The normalized spacial score (nSPS) is 12.4. The number of benzene rings is 4. The minimum atomic E-state index is -1.43. The van der Waals surface area contributed by atoms with Crippen molar-refractivity contribution in [2.45, 2.75) is 25.7 Å². The zero-order valence-electron chi connectivity index (χ0n) is 18.5. The van der Waals surface area contributed by atoms with Crippen molar-refractivity contribution in [2.75, 3.05) is 0 Å². The van der Waals surface area contributed by atoms with Gasteiger partial charge in [-0.25, -0.2) is 4.21 Å². The van der Waals surface area contributed by atoms with Gasteiger partial charge in [-0.2, -0.15) is 4.40 Å². The fourth-order valence-corrected chi connectivity index (χ4v) is 7.07. The Morgan fingerprint density at radius 1 is 0.656 bits per heavy atom. The Morgan fingerprint density at radius 3 is 1.72 bits per heavy atom. The van der Waals surface area contributed by atoms with E-state index in [9.17, 15) is 4.21 Å². The van der Waals surface area contributed by atoms with Crippen LogP contribution in [-0.2, 0) is 11.0 Å². The second-order valence-electron chi connectivity index (χ2n) is 7.76. The van der Waals surface area contributed by atoms with Crippen molar-refractivity contribution in [3.63, 3.8) is 0 Å². The van der Waals surface area contributed by atoms with E-state index in [-0.39, 0.29) is 0 Å². The summed E-state index contributed by atoms with van der Waals surface area (Å²) in [7, 11) is -2.22. The van der Waals surface area contributed by atoms with E-state index in [1.54, 1.807) is 6.21 Å². The van der Waals surface area contributed by atoms with Gasteiger partial charge >= 0.3 is 0 Å². The van der Waals surface area contributed by atoms with Crippen LogP contribution in [0, 0.1) is 20.8 Å². The Balaban J connectivity index is 1.80. The van der Waals surface area contributed by atoms with Gasteiger partial charge in [0.15, 0.2) is 11.0 Å².